The molecule has 0 atom stereocenters. The molecule has 0 radical (unpaired) electrons. The van der Waals surface area contributed by atoms with Crippen LogP contribution in [0.4, 0.5) is 5.69 Å². The van der Waals surface area contributed by atoms with Crippen LogP contribution < -0.4 is 0 Å². The van der Waals surface area contributed by atoms with Crippen LogP contribution in [0.1, 0.15) is 31.9 Å². The van der Waals surface area contributed by atoms with Gasteiger partial charge >= 0.3 is 0 Å². The maximum Gasteiger partial charge on any atom is 0.270 e. The number of nitrogens with zero attached hydrogens (tertiary/aromatic N) is 1. The van der Waals surface area contributed by atoms with Crippen molar-refractivity contribution in [2.45, 2.75) is 51.4 Å². The zero-order chi connectivity index (χ0) is 15.6. The second-order valence-corrected chi connectivity index (χ2v) is 11.5. The number of hydrogen-bond donors (Lipinski definition) is 0. The largest absolute Gasteiger partial charge is 0.413 e. The summed E-state index contributed by atoms with van der Waals surface area (Å²) >= 11 is 5.78. The molecule has 0 aliphatic rings. The predicted octanol–water partition coefficient (Wildman–Crippen LogP) is 4.86. The molecule has 0 spiro atoms. The average Bonchev–Trinajstić information content (AvgIpc) is 2.34. The maximum absolute atomic E-state index is 10.9. The standard InChI is InChI=1S/C14H22ClNO3Si/c1-14(2,3)20(4,5)19-10-12-6-11(9-15)7-13(8-12)16(17)18/h6-8H,9-10H2,1-5H3. The molecule has 1 aromatic carbocycles. The third-order valence-electron chi connectivity index (χ3n) is 3.81. The zero-order valence-electron chi connectivity index (χ0n) is 12.7. The summed E-state index contributed by atoms with van der Waals surface area (Å²) < 4.78 is 6.09. The summed E-state index contributed by atoms with van der Waals surface area (Å²) in [5.74, 6) is 0.259. The lowest BCUT2D eigenvalue weighted by Crippen LogP contribution is -2.40. The fraction of sp³-hybridized carbons (Fsp3) is 0.571. The van der Waals surface area contributed by atoms with Gasteiger partial charge in [-0.15, -0.1) is 11.6 Å². The molecule has 20 heavy (non-hydrogen) atoms. The molecule has 0 N–H and O–H groups in total. The van der Waals surface area contributed by atoms with Crippen molar-refractivity contribution >= 4 is 25.6 Å². The van der Waals surface area contributed by atoms with E-state index in [9.17, 15) is 10.1 Å². The summed E-state index contributed by atoms with van der Waals surface area (Å²) in [6.07, 6.45) is 0. The quantitative estimate of drug-likeness (QED) is 0.337. The topological polar surface area (TPSA) is 52.4 Å². The minimum absolute atomic E-state index is 0.0666. The molecule has 6 heteroatoms. The number of nitro benzene ring substituents is 1. The Morgan fingerprint density at radius 2 is 1.80 bits per heavy atom. The van der Waals surface area contributed by atoms with E-state index < -0.39 is 13.2 Å². The van der Waals surface area contributed by atoms with Crippen molar-refractivity contribution in [1.82, 2.24) is 0 Å². The molecule has 0 unspecified atom stereocenters. The number of hydrogen-bond acceptors (Lipinski definition) is 3. The van der Waals surface area contributed by atoms with E-state index in [-0.39, 0.29) is 16.6 Å². The van der Waals surface area contributed by atoms with Crippen LogP contribution in [-0.4, -0.2) is 13.2 Å². The highest BCUT2D eigenvalue weighted by molar-refractivity contribution is 6.74. The van der Waals surface area contributed by atoms with E-state index in [1.54, 1.807) is 6.07 Å². The van der Waals surface area contributed by atoms with Gasteiger partial charge in [-0.05, 0) is 29.3 Å². The van der Waals surface area contributed by atoms with Crippen molar-refractivity contribution in [3.05, 3.63) is 39.4 Å². The van der Waals surface area contributed by atoms with Gasteiger partial charge in [-0.1, -0.05) is 26.8 Å². The van der Waals surface area contributed by atoms with E-state index in [0.717, 1.165) is 11.1 Å². The van der Waals surface area contributed by atoms with Crippen LogP contribution in [0.3, 0.4) is 0 Å². The smallest absolute Gasteiger partial charge is 0.270 e. The average molecular weight is 316 g/mol. The van der Waals surface area contributed by atoms with E-state index in [0.29, 0.717) is 6.61 Å². The SMILES string of the molecule is CC(C)(C)[Si](C)(C)OCc1cc(CCl)cc([N+](=O)[O-])c1. The molecule has 0 amide bonds. The van der Waals surface area contributed by atoms with Gasteiger partial charge in [0, 0.05) is 18.0 Å². The van der Waals surface area contributed by atoms with Gasteiger partial charge in [0.25, 0.3) is 5.69 Å². The van der Waals surface area contributed by atoms with Crippen LogP contribution in [-0.2, 0) is 16.9 Å². The Hall–Kier alpha value is -0.913. The molecule has 0 heterocycles. The monoisotopic (exact) mass is 315 g/mol. The van der Waals surface area contributed by atoms with E-state index in [1.165, 1.54) is 6.07 Å². The van der Waals surface area contributed by atoms with Crippen molar-refractivity contribution in [2.24, 2.45) is 0 Å². The summed E-state index contributed by atoms with van der Waals surface area (Å²) in [6.45, 7) is 11.2. The Morgan fingerprint density at radius 3 is 2.25 bits per heavy atom. The summed E-state index contributed by atoms with van der Waals surface area (Å²) in [5.41, 5.74) is 1.62. The Bertz CT molecular complexity index is 498. The minimum Gasteiger partial charge on any atom is -0.413 e. The molecule has 0 fully saturated rings. The lowest BCUT2D eigenvalue weighted by atomic mass is 10.1. The van der Waals surface area contributed by atoms with Crippen LogP contribution in [0.15, 0.2) is 18.2 Å². The predicted molar refractivity (Wildman–Crippen MR) is 84.6 cm³/mol. The van der Waals surface area contributed by atoms with Gasteiger partial charge in [-0.25, -0.2) is 0 Å². The van der Waals surface area contributed by atoms with Crippen molar-refractivity contribution < 1.29 is 9.35 Å². The molecule has 0 aromatic heterocycles. The van der Waals surface area contributed by atoms with Crippen molar-refractivity contribution in [3.63, 3.8) is 0 Å². The second-order valence-electron chi connectivity index (χ2n) is 6.45. The molecule has 0 saturated heterocycles. The number of nitro groups is 1. The van der Waals surface area contributed by atoms with Gasteiger partial charge in [-0.2, -0.15) is 0 Å². The van der Waals surface area contributed by atoms with Gasteiger partial charge in [0.1, 0.15) is 0 Å². The van der Waals surface area contributed by atoms with Crippen molar-refractivity contribution in [3.8, 4) is 0 Å². The molecule has 0 aliphatic carbocycles. The molecule has 0 aliphatic heterocycles. The molecule has 1 rings (SSSR count). The minimum atomic E-state index is -1.86. The molecule has 0 saturated carbocycles. The summed E-state index contributed by atoms with van der Waals surface area (Å²) in [7, 11) is -1.86. The molecular formula is C14H22ClNO3Si. The lowest BCUT2D eigenvalue weighted by molar-refractivity contribution is -0.385. The number of halogens is 1. The molecule has 0 bridgehead atoms. The van der Waals surface area contributed by atoms with Crippen LogP contribution in [0.2, 0.25) is 18.1 Å². The third kappa shape index (κ3) is 4.29. The molecule has 112 valence electrons. The Morgan fingerprint density at radius 1 is 1.25 bits per heavy atom. The van der Waals surface area contributed by atoms with Crippen LogP contribution in [0.5, 0.6) is 0 Å². The van der Waals surface area contributed by atoms with Gasteiger partial charge in [0.15, 0.2) is 8.32 Å². The number of rotatable bonds is 5. The Labute approximate surface area is 126 Å². The van der Waals surface area contributed by atoms with Crippen molar-refractivity contribution in [1.29, 1.82) is 0 Å². The highest BCUT2D eigenvalue weighted by Gasteiger charge is 2.37. The van der Waals surface area contributed by atoms with Gasteiger partial charge in [0.05, 0.1) is 11.5 Å². The molecule has 4 nitrogen and oxygen atoms in total. The van der Waals surface area contributed by atoms with Crippen LogP contribution in [0.25, 0.3) is 0 Å². The first-order valence-corrected chi connectivity index (χ1v) is 9.98. The number of alkyl halides is 1. The zero-order valence-corrected chi connectivity index (χ0v) is 14.5. The fourth-order valence-corrected chi connectivity index (χ4v) is 2.60. The first-order chi connectivity index (χ1) is 9.06. The van der Waals surface area contributed by atoms with Crippen molar-refractivity contribution in [2.75, 3.05) is 0 Å². The van der Waals surface area contributed by atoms with Gasteiger partial charge < -0.3 is 4.43 Å². The normalized spacial score (nSPS) is 12.5. The fourth-order valence-electron chi connectivity index (χ4n) is 1.49. The van der Waals surface area contributed by atoms with E-state index >= 15 is 0 Å². The van der Waals surface area contributed by atoms with E-state index in [1.807, 2.05) is 6.07 Å². The Kier molecular flexibility index (Phi) is 5.35. The highest BCUT2D eigenvalue weighted by Crippen LogP contribution is 2.37. The van der Waals surface area contributed by atoms with E-state index in [2.05, 4.69) is 33.9 Å². The third-order valence-corrected chi connectivity index (χ3v) is 8.60. The summed E-state index contributed by atoms with van der Waals surface area (Å²) in [4.78, 5) is 10.5. The number of non-ortho nitro benzene ring substituents is 1. The second kappa shape index (κ2) is 6.24. The summed E-state index contributed by atoms with van der Waals surface area (Å²) in [6, 6.07) is 4.93. The highest BCUT2D eigenvalue weighted by atomic mass is 35.5. The summed E-state index contributed by atoms with van der Waals surface area (Å²) in [5, 5.41) is 11.0. The van der Waals surface area contributed by atoms with E-state index in [4.69, 9.17) is 16.0 Å². The first kappa shape index (κ1) is 17.1. The maximum atomic E-state index is 10.9. The number of benzene rings is 1. The van der Waals surface area contributed by atoms with Crippen LogP contribution >= 0.6 is 11.6 Å². The lowest BCUT2D eigenvalue weighted by Gasteiger charge is -2.36. The molecular weight excluding hydrogens is 294 g/mol. The first-order valence-electron chi connectivity index (χ1n) is 6.54. The Balaban J connectivity index is 2.93. The molecule has 1 aromatic rings. The van der Waals surface area contributed by atoms with Gasteiger partial charge in [0.2, 0.25) is 0 Å². The van der Waals surface area contributed by atoms with Gasteiger partial charge in [-0.3, -0.25) is 10.1 Å². The van der Waals surface area contributed by atoms with Crippen LogP contribution in [0, 0.1) is 10.1 Å².